The van der Waals surface area contributed by atoms with Gasteiger partial charge < -0.3 is 19.5 Å². The number of amides is 2. The van der Waals surface area contributed by atoms with Gasteiger partial charge >= 0.3 is 5.91 Å². The number of nitrogens with zero attached hydrogens (tertiary/aromatic N) is 1. The average molecular weight is 475 g/mol. The number of methoxy groups -OCH3 is 3. The summed E-state index contributed by atoms with van der Waals surface area (Å²) in [6.45, 7) is 1.92. The smallest absolute Gasteiger partial charge is 0.304 e. The fourth-order valence-electron chi connectivity index (χ4n) is 4.09. The number of hydrazine groups is 1. The first-order valence-corrected chi connectivity index (χ1v) is 11.1. The molecule has 180 valence electrons. The van der Waals surface area contributed by atoms with Crippen LogP contribution in [0.5, 0.6) is 17.2 Å². The number of carbonyl (C=O) groups is 2. The predicted octanol–water partition coefficient (Wildman–Crippen LogP) is 3.04. The van der Waals surface area contributed by atoms with Gasteiger partial charge in [0, 0.05) is 16.7 Å². The summed E-state index contributed by atoms with van der Waals surface area (Å²) in [5.41, 5.74) is 5.95. The van der Waals surface area contributed by atoms with Crippen LogP contribution in [0.4, 0.5) is 0 Å². The molecule has 3 aromatic carbocycles. The maximum absolute atomic E-state index is 13.1. The molecule has 1 aliphatic heterocycles. The highest BCUT2D eigenvalue weighted by Gasteiger charge is 2.47. The summed E-state index contributed by atoms with van der Waals surface area (Å²) in [4.78, 5) is 26.1. The zero-order chi connectivity index (χ0) is 24.9. The van der Waals surface area contributed by atoms with E-state index in [9.17, 15) is 9.59 Å². The van der Waals surface area contributed by atoms with Crippen molar-refractivity contribution in [1.29, 1.82) is 0 Å². The van der Waals surface area contributed by atoms with E-state index in [1.807, 2.05) is 55.5 Å². The molecule has 2 N–H and O–H groups in total. The number of hydrogen-bond acceptors (Lipinski definition) is 5. The Bertz CT molecular complexity index is 1270. The van der Waals surface area contributed by atoms with E-state index < -0.39 is 12.1 Å². The van der Waals surface area contributed by atoms with E-state index in [-0.39, 0.29) is 11.8 Å². The largest absolute Gasteiger partial charge is 0.497 e. The number of nitrogens with one attached hydrogen (secondary N) is 2. The Morgan fingerprint density at radius 2 is 1.69 bits per heavy atom. The van der Waals surface area contributed by atoms with Crippen molar-refractivity contribution in [2.75, 3.05) is 21.3 Å². The van der Waals surface area contributed by atoms with E-state index in [1.165, 1.54) is 0 Å². The maximum atomic E-state index is 13.1. The van der Waals surface area contributed by atoms with Crippen molar-refractivity contribution >= 4 is 18.0 Å². The topological polar surface area (TPSA) is 88.9 Å². The molecule has 1 aliphatic rings. The third-order valence-electron chi connectivity index (χ3n) is 5.86. The van der Waals surface area contributed by atoms with E-state index in [0.717, 1.165) is 16.7 Å². The van der Waals surface area contributed by atoms with Crippen molar-refractivity contribution < 1.29 is 28.5 Å². The lowest BCUT2D eigenvalue weighted by molar-refractivity contribution is -0.596. The molecule has 35 heavy (non-hydrogen) atoms. The summed E-state index contributed by atoms with van der Waals surface area (Å²) in [5.74, 6) is 1.23. The fraction of sp³-hybridized carbons (Fsp3) is 0.222. The van der Waals surface area contributed by atoms with E-state index in [0.29, 0.717) is 22.8 Å². The number of hydrogen-bond donors (Lipinski definition) is 2. The lowest BCUT2D eigenvalue weighted by Crippen LogP contribution is -2.42. The first-order chi connectivity index (χ1) is 16.9. The second-order valence-electron chi connectivity index (χ2n) is 8.17. The Kier molecular flexibility index (Phi) is 7.01. The molecule has 1 heterocycles. The van der Waals surface area contributed by atoms with Gasteiger partial charge in [0.05, 0.1) is 21.3 Å². The highest BCUT2D eigenvalue weighted by atomic mass is 16.5. The first-order valence-electron chi connectivity index (χ1n) is 11.1. The minimum absolute atomic E-state index is 0.316. The Morgan fingerprint density at radius 3 is 2.34 bits per heavy atom. The van der Waals surface area contributed by atoms with Crippen LogP contribution in [-0.2, 0) is 4.79 Å². The van der Waals surface area contributed by atoms with Crippen LogP contribution in [-0.4, -0.2) is 50.1 Å². The van der Waals surface area contributed by atoms with E-state index in [1.54, 1.807) is 50.4 Å². The zero-order valence-corrected chi connectivity index (χ0v) is 20.1. The summed E-state index contributed by atoms with van der Waals surface area (Å²) < 4.78 is 17.7. The van der Waals surface area contributed by atoms with Gasteiger partial charge in [-0.15, -0.1) is 10.1 Å². The van der Waals surface area contributed by atoms with Crippen molar-refractivity contribution in [2.24, 2.45) is 0 Å². The molecule has 8 heteroatoms. The number of aryl methyl sites for hydroxylation is 1. The highest BCUT2D eigenvalue weighted by Crippen LogP contribution is 2.29. The number of carbonyl (C=O) groups excluding carboxylic acids is 2. The van der Waals surface area contributed by atoms with Crippen LogP contribution in [0.3, 0.4) is 0 Å². The average Bonchev–Trinajstić information content (AvgIpc) is 3.17. The number of ether oxygens (including phenoxy) is 3. The van der Waals surface area contributed by atoms with Crippen LogP contribution in [0.15, 0.2) is 66.7 Å². The quantitative estimate of drug-likeness (QED) is 0.514. The van der Waals surface area contributed by atoms with Crippen LogP contribution in [0.25, 0.3) is 0 Å². The molecule has 4 rings (SSSR count). The summed E-state index contributed by atoms with van der Waals surface area (Å²) in [7, 11) is 4.73. The summed E-state index contributed by atoms with van der Waals surface area (Å²) in [5, 5.41) is 2.92. The number of hydrazone groups is 1. The molecule has 0 aromatic heterocycles. The highest BCUT2D eigenvalue weighted by molar-refractivity contribution is 5.98. The van der Waals surface area contributed by atoms with Crippen LogP contribution >= 0.6 is 0 Å². The molecular weight excluding hydrogens is 446 g/mol. The van der Waals surface area contributed by atoms with E-state index >= 15 is 0 Å². The van der Waals surface area contributed by atoms with E-state index in [2.05, 4.69) is 10.7 Å². The maximum Gasteiger partial charge on any atom is 0.304 e. The van der Waals surface area contributed by atoms with Crippen LogP contribution in [0, 0.1) is 6.92 Å². The third kappa shape index (κ3) is 5.11. The van der Waals surface area contributed by atoms with Gasteiger partial charge in [-0.2, -0.15) is 0 Å². The summed E-state index contributed by atoms with van der Waals surface area (Å²) in [6, 6.07) is 18.8. The van der Waals surface area contributed by atoms with Gasteiger partial charge in [0.1, 0.15) is 5.75 Å². The molecule has 2 atom stereocenters. The SMILES string of the molecule is COc1ccc([C@@H]2[C@H](NC(=O)c3cccc(C)c3)C(=O)N/[N+]2=C\c2ccc(OC)c(OC)c2)cc1. The van der Waals surface area contributed by atoms with Gasteiger partial charge in [-0.05, 0) is 61.5 Å². The minimum atomic E-state index is -0.826. The zero-order valence-electron chi connectivity index (χ0n) is 20.1. The summed E-state index contributed by atoms with van der Waals surface area (Å²) >= 11 is 0. The Labute approximate surface area is 204 Å². The molecule has 0 aliphatic carbocycles. The Hall–Kier alpha value is -4.33. The van der Waals surface area contributed by atoms with Crippen molar-refractivity contribution in [2.45, 2.75) is 19.0 Å². The number of rotatable bonds is 7. The second-order valence-corrected chi connectivity index (χ2v) is 8.17. The monoisotopic (exact) mass is 474 g/mol. The predicted molar refractivity (Wildman–Crippen MR) is 131 cm³/mol. The van der Waals surface area contributed by atoms with Crippen molar-refractivity contribution in [3.63, 3.8) is 0 Å². The van der Waals surface area contributed by atoms with Gasteiger partial charge in [0.15, 0.2) is 17.5 Å². The van der Waals surface area contributed by atoms with Crippen LogP contribution in [0.1, 0.15) is 33.1 Å². The van der Waals surface area contributed by atoms with Gasteiger partial charge in [0.25, 0.3) is 5.91 Å². The molecule has 3 aromatic rings. The molecule has 0 radical (unpaired) electrons. The molecule has 1 fully saturated rings. The molecule has 8 nitrogen and oxygen atoms in total. The molecule has 2 amide bonds. The second kappa shape index (κ2) is 10.3. The van der Waals surface area contributed by atoms with Crippen molar-refractivity contribution in [3.8, 4) is 17.2 Å². The molecular formula is C27H28N3O5+. The van der Waals surface area contributed by atoms with Gasteiger partial charge in [-0.1, -0.05) is 17.7 Å². The van der Waals surface area contributed by atoms with Crippen LogP contribution in [0.2, 0.25) is 0 Å². The van der Waals surface area contributed by atoms with Crippen molar-refractivity contribution in [1.82, 2.24) is 10.7 Å². The Balaban J connectivity index is 1.72. The minimum Gasteiger partial charge on any atom is -0.497 e. The number of benzene rings is 3. The molecule has 0 spiro atoms. The lowest BCUT2D eigenvalue weighted by atomic mass is 9.99. The molecule has 0 bridgehead atoms. The molecule has 0 unspecified atom stereocenters. The Morgan fingerprint density at radius 1 is 0.943 bits per heavy atom. The van der Waals surface area contributed by atoms with Gasteiger partial charge in [0.2, 0.25) is 12.3 Å². The van der Waals surface area contributed by atoms with Gasteiger partial charge in [-0.25, -0.2) is 0 Å². The normalized spacial score (nSPS) is 18.2. The molecule has 0 saturated carbocycles. The third-order valence-corrected chi connectivity index (χ3v) is 5.86. The van der Waals surface area contributed by atoms with Crippen LogP contribution < -0.4 is 25.0 Å². The van der Waals surface area contributed by atoms with E-state index in [4.69, 9.17) is 14.2 Å². The summed E-state index contributed by atoms with van der Waals surface area (Å²) in [6.07, 6.45) is 1.80. The molecule has 1 saturated heterocycles. The fourth-order valence-corrected chi connectivity index (χ4v) is 4.09. The van der Waals surface area contributed by atoms with Crippen molar-refractivity contribution in [3.05, 3.63) is 89.0 Å². The standard InChI is InChI=1S/C27H27N3O5/c1-17-6-5-7-20(14-17)26(31)28-24-25(19-9-11-21(33-2)12-10-19)30(29-27(24)32)16-18-8-13-22(34-3)23(15-18)35-4/h5-16,24-25H,1-4H3,(H-,28,29,31,32)/p+1/b30-16-/t24-,25+/m0/s1. The first kappa shape index (κ1) is 23.8. The lowest BCUT2D eigenvalue weighted by Gasteiger charge is -2.15. The van der Waals surface area contributed by atoms with Gasteiger partial charge in [-0.3, -0.25) is 9.59 Å².